The minimum atomic E-state index is -2.58. The third-order valence-corrected chi connectivity index (χ3v) is 4.44. The van der Waals surface area contributed by atoms with Gasteiger partial charge in [0.2, 0.25) is 0 Å². The van der Waals surface area contributed by atoms with E-state index in [1.54, 1.807) is 6.07 Å². The van der Waals surface area contributed by atoms with E-state index in [1.165, 1.54) is 6.07 Å². The Morgan fingerprint density at radius 2 is 2.00 bits per heavy atom. The van der Waals surface area contributed by atoms with Crippen molar-refractivity contribution in [1.82, 2.24) is 0 Å². The molecule has 0 heterocycles. The van der Waals surface area contributed by atoms with Crippen molar-refractivity contribution in [3.63, 3.8) is 0 Å². The van der Waals surface area contributed by atoms with E-state index in [4.69, 9.17) is 33.7 Å². The van der Waals surface area contributed by atoms with E-state index in [-0.39, 0.29) is 16.8 Å². The molecule has 0 spiro atoms. The maximum atomic E-state index is 12.5. The Morgan fingerprint density at radius 1 is 1.22 bits per heavy atom. The summed E-state index contributed by atoms with van der Waals surface area (Å²) in [6.45, 7) is -0.718. The predicted molar refractivity (Wildman–Crippen MR) is 88.6 cm³/mol. The Kier molecular flexibility index (Phi) is 4.76. The second kappa shape index (κ2) is 6.63. The Balaban J connectivity index is 2.05. The molecule has 0 bridgehead atoms. The van der Waals surface area contributed by atoms with Crippen molar-refractivity contribution < 1.29 is 13.5 Å². The first kappa shape index (κ1) is 16.5. The molecule has 0 radical (unpaired) electrons. The van der Waals surface area contributed by atoms with Crippen LogP contribution < -0.4 is 10.5 Å². The molecule has 0 saturated carbocycles. The lowest BCUT2D eigenvalue weighted by atomic mass is 9.99. The number of aryl methyl sites for hydroxylation is 1. The van der Waals surface area contributed by atoms with Gasteiger partial charge in [-0.1, -0.05) is 41.4 Å². The predicted octanol–water partition coefficient (Wildman–Crippen LogP) is 5.25. The molecule has 3 rings (SSSR count). The van der Waals surface area contributed by atoms with Crippen LogP contribution in [0.4, 0.5) is 8.78 Å². The summed E-state index contributed by atoms with van der Waals surface area (Å²) in [5, 5.41) is 0.636. The van der Waals surface area contributed by atoms with Crippen LogP contribution in [0, 0.1) is 0 Å². The molecule has 2 aromatic carbocycles. The van der Waals surface area contributed by atoms with Gasteiger partial charge in [-0.05, 0) is 41.7 Å². The summed E-state index contributed by atoms with van der Waals surface area (Å²) in [5.41, 5.74) is 9.75. The Morgan fingerprint density at radius 3 is 2.74 bits per heavy atom. The van der Waals surface area contributed by atoms with Crippen molar-refractivity contribution in [3.05, 3.63) is 51.5 Å². The first-order chi connectivity index (χ1) is 11.0. The fourth-order valence-electron chi connectivity index (χ4n) is 2.89. The second-order valence-corrected chi connectivity index (χ2v) is 6.37. The van der Waals surface area contributed by atoms with Crippen LogP contribution in [0.2, 0.25) is 10.0 Å². The molecule has 0 fully saturated rings. The highest BCUT2D eigenvalue weighted by Gasteiger charge is 2.21. The second-order valence-electron chi connectivity index (χ2n) is 5.53. The number of hydrogen-bond acceptors (Lipinski definition) is 2. The highest BCUT2D eigenvalue weighted by atomic mass is 35.5. The lowest BCUT2D eigenvalue weighted by molar-refractivity contribution is 0.0822. The van der Waals surface area contributed by atoms with Gasteiger partial charge in [-0.3, -0.25) is 0 Å². The number of ether oxygens (including phenoxy) is 1. The van der Waals surface area contributed by atoms with Crippen LogP contribution in [0.1, 0.15) is 23.6 Å². The van der Waals surface area contributed by atoms with Crippen molar-refractivity contribution in [2.24, 2.45) is 5.73 Å². The summed E-state index contributed by atoms with van der Waals surface area (Å²) >= 11 is 12.2. The van der Waals surface area contributed by atoms with Gasteiger partial charge in [-0.15, -0.1) is 0 Å². The summed E-state index contributed by atoms with van der Waals surface area (Å²) in [5.74, 6) is 0.221. The number of alkyl halides is 2. The average molecular weight is 358 g/mol. The lowest BCUT2D eigenvalue weighted by Crippen LogP contribution is -2.08. The van der Waals surface area contributed by atoms with Crippen molar-refractivity contribution in [1.29, 1.82) is 0 Å². The van der Waals surface area contributed by atoms with Gasteiger partial charge in [0.1, 0.15) is 12.4 Å². The molecule has 0 aliphatic heterocycles. The van der Waals surface area contributed by atoms with Gasteiger partial charge in [-0.25, -0.2) is 8.78 Å². The van der Waals surface area contributed by atoms with E-state index in [0.29, 0.717) is 10.6 Å². The zero-order valence-electron chi connectivity index (χ0n) is 12.2. The number of benzene rings is 2. The fourth-order valence-corrected chi connectivity index (χ4v) is 3.43. The Bertz CT molecular complexity index is 737. The summed E-state index contributed by atoms with van der Waals surface area (Å²) in [6.07, 6.45) is -0.775. The molecule has 23 heavy (non-hydrogen) atoms. The van der Waals surface area contributed by atoms with Crippen LogP contribution in [0.5, 0.6) is 5.75 Å². The minimum Gasteiger partial charge on any atom is -0.485 e. The molecule has 1 aliphatic rings. The molecule has 2 nitrogen and oxygen atoms in total. The van der Waals surface area contributed by atoms with Crippen molar-refractivity contribution in [3.8, 4) is 16.9 Å². The minimum absolute atomic E-state index is 0.0524. The van der Waals surface area contributed by atoms with Crippen LogP contribution in [0.3, 0.4) is 0 Å². The molecular weight excluding hydrogens is 343 g/mol. The molecule has 0 amide bonds. The van der Waals surface area contributed by atoms with Crippen molar-refractivity contribution >= 4 is 23.2 Å². The topological polar surface area (TPSA) is 35.2 Å². The molecule has 6 heteroatoms. The Labute approximate surface area is 143 Å². The van der Waals surface area contributed by atoms with Gasteiger partial charge in [0, 0.05) is 16.6 Å². The van der Waals surface area contributed by atoms with E-state index in [9.17, 15) is 8.78 Å². The maximum absolute atomic E-state index is 12.5. The van der Waals surface area contributed by atoms with Gasteiger partial charge in [-0.2, -0.15) is 0 Å². The summed E-state index contributed by atoms with van der Waals surface area (Å²) in [6, 6.07) is 9.06. The van der Waals surface area contributed by atoms with E-state index >= 15 is 0 Å². The van der Waals surface area contributed by atoms with E-state index in [1.807, 2.05) is 18.2 Å². The van der Waals surface area contributed by atoms with Crippen LogP contribution in [-0.2, 0) is 6.42 Å². The van der Waals surface area contributed by atoms with E-state index < -0.39 is 13.0 Å². The molecule has 0 saturated heterocycles. The molecule has 1 unspecified atom stereocenters. The van der Waals surface area contributed by atoms with Gasteiger partial charge in [0.25, 0.3) is 6.43 Å². The lowest BCUT2D eigenvalue weighted by Gasteiger charge is -2.15. The SMILES string of the molecule is NC1CCc2cc(-c3cc(Cl)cc(Cl)c3OCC(F)F)ccc21. The van der Waals surface area contributed by atoms with Gasteiger partial charge < -0.3 is 10.5 Å². The number of hydrogen-bond donors (Lipinski definition) is 1. The van der Waals surface area contributed by atoms with Crippen LogP contribution >= 0.6 is 23.2 Å². The molecular formula is C17H15Cl2F2NO. The zero-order chi connectivity index (χ0) is 16.6. The maximum Gasteiger partial charge on any atom is 0.272 e. The number of nitrogens with two attached hydrogens (primary N) is 1. The fraction of sp³-hybridized carbons (Fsp3) is 0.294. The molecule has 122 valence electrons. The summed E-state index contributed by atoms with van der Waals surface area (Å²) < 4.78 is 30.2. The monoisotopic (exact) mass is 357 g/mol. The molecule has 1 atom stereocenters. The van der Waals surface area contributed by atoms with Crippen molar-refractivity contribution in [2.75, 3.05) is 6.61 Å². The summed E-state index contributed by atoms with van der Waals surface area (Å²) in [4.78, 5) is 0. The molecule has 0 aromatic heterocycles. The quantitative estimate of drug-likeness (QED) is 0.810. The van der Waals surface area contributed by atoms with Crippen molar-refractivity contribution in [2.45, 2.75) is 25.3 Å². The third kappa shape index (κ3) is 3.44. The van der Waals surface area contributed by atoms with Crippen LogP contribution in [0.25, 0.3) is 11.1 Å². The molecule has 2 N–H and O–H groups in total. The van der Waals surface area contributed by atoms with Crippen LogP contribution in [0.15, 0.2) is 30.3 Å². The highest BCUT2D eigenvalue weighted by Crippen LogP contribution is 2.41. The Hall–Kier alpha value is -1.36. The summed E-state index contributed by atoms with van der Waals surface area (Å²) in [7, 11) is 0. The third-order valence-electron chi connectivity index (χ3n) is 3.94. The molecule has 2 aromatic rings. The first-order valence-corrected chi connectivity index (χ1v) is 8.00. The number of rotatable bonds is 4. The highest BCUT2D eigenvalue weighted by molar-refractivity contribution is 6.36. The first-order valence-electron chi connectivity index (χ1n) is 7.24. The zero-order valence-corrected chi connectivity index (χ0v) is 13.7. The normalized spacial score (nSPS) is 16.7. The number of halogens is 4. The van der Waals surface area contributed by atoms with Gasteiger partial charge in [0.05, 0.1) is 5.02 Å². The standard InChI is InChI=1S/C17H15Cl2F2NO/c18-11-6-13(17(14(19)7-11)23-8-16(20)21)10-1-3-12-9(5-10)2-4-15(12)22/h1,3,5-7,15-16H,2,4,8,22H2. The smallest absolute Gasteiger partial charge is 0.272 e. The largest absolute Gasteiger partial charge is 0.485 e. The van der Waals surface area contributed by atoms with Crippen LogP contribution in [-0.4, -0.2) is 13.0 Å². The number of fused-ring (bicyclic) bond motifs is 1. The average Bonchev–Trinajstić information content (AvgIpc) is 2.86. The van der Waals surface area contributed by atoms with Gasteiger partial charge in [0.15, 0.2) is 0 Å². The van der Waals surface area contributed by atoms with Gasteiger partial charge >= 0.3 is 0 Å². The van der Waals surface area contributed by atoms with E-state index in [0.717, 1.165) is 29.5 Å². The van der Waals surface area contributed by atoms with E-state index in [2.05, 4.69) is 0 Å². The molecule has 1 aliphatic carbocycles.